The summed E-state index contributed by atoms with van der Waals surface area (Å²) in [4.78, 5) is 8.33. The van der Waals surface area contributed by atoms with Crippen molar-refractivity contribution in [2.45, 2.75) is 12.5 Å². The van der Waals surface area contributed by atoms with Crippen LogP contribution in [0.5, 0.6) is 0 Å². The molecule has 1 unspecified atom stereocenters. The standard InChI is InChI=1S/C19H25ClN4OS/c20-16-5-3-15(4-6-16)18(24-9-11-25-12-10-24)14-23-19(21)22-8-7-17-2-1-13-26-17/h1-6,13,18H,7-12,14H2,(H3,21,22,23). The van der Waals surface area contributed by atoms with Crippen LogP contribution in [0.25, 0.3) is 0 Å². The first-order valence-corrected chi connectivity index (χ1v) is 10.1. The predicted octanol–water partition coefficient (Wildman–Crippen LogP) is 2.92. The molecule has 0 aliphatic carbocycles. The number of hydrogen-bond acceptors (Lipinski definition) is 4. The Labute approximate surface area is 163 Å². The van der Waals surface area contributed by atoms with Crippen molar-refractivity contribution in [2.24, 2.45) is 10.7 Å². The molecule has 3 N–H and O–H groups in total. The van der Waals surface area contributed by atoms with Crippen LogP contribution in [0.3, 0.4) is 0 Å². The van der Waals surface area contributed by atoms with E-state index in [0.717, 1.165) is 44.3 Å². The third-order valence-corrected chi connectivity index (χ3v) is 5.62. The minimum atomic E-state index is 0.175. The number of nitrogens with one attached hydrogen (secondary N) is 1. The van der Waals surface area contributed by atoms with Gasteiger partial charge in [-0.2, -0.15) is 0 Å². The molecule has 3 rings (SSSR count). The summed E-state index contributed by atoms with van der Waals surface area (Å²) >= 11 is 7.80. The van der Waals surface area contributed by atoms with Crippen LogP contribution in [0, 0.1) is 0 Å². The van der Waals surface area contributed by atoms with Gasteiger partial charge >= 0.3 is 0 Å². The van der Waals surface area contributed by atoms with Crippen molar-refractivity contribution in [3.63, 3.8) is 0 Å². The summed E-state index contributed by atoms with van der Waals surface area (Å²) in [7, 11) is 0. The summed E-state index contributed by atoms with van der Waals surface area (Å²) in [5.41, 5.74) is 7.27. The van der Waals surface area contributed by atoms with Crippen LogP contribution < -0.4 is 11.1 Å². The van der Waals surface area contributed by atoms with E-state index in [0.29, 0.717) is 12.5 Å². The Morgan fingerprint density at radius 1 is 1.27 bits per heavy atom. The number of halogens is 1. The summed E-state index contributed by atoms with van der Waals surface area (Å²) in [6, 6.07) is 12.4. The second kappa shape index (κ2) is 9.92. The van der Waals surface area contributed by atoms with Gasteiger partial charge in [-0.1, -0.05) is 29.8 Å². The minimum Gasteiger partial charge on any atom is -0.379 e. The lowest BCUT2D eigenvalue weighted by Crippen LogP contribution is -2.41. The number of aliphatic imine (C=N–C) groups is 1. The number of guanidine groups is 1. The molecule has 0 amide bonds. The molecule has 1 aliphatic heterocycles. The van der Waals surface area contributed by atoms with Crippen molar-refractivity contribution in [1.82, 2.24) is 10.2 Å². The number of thiophene rings is 1. The van der Waals surface area contributed by atoms with Crippen LogP contribution >= 0.6 is 22.9 Å². The maximum Gasteiger partial charge on any atom is 0.188 e. The van der Waals surface area contributed by atoms with Gasteiger partial charge in [0.05, 0.1) is 25.8 Å². The molecule has 1 saturated heterocycles. The molecule has 1 fully saturated rings. The summed E-state index contributed by atoms with van der Waals surface area (Å²) < 4.78 is 5.48. The number of nitrogens with zero attached hydrogens (tertiary/aromatic N) is 2. The van der Waals surface area contributed by atoms with Crippen LogP contribution in [0.2, 0.25) is 5.02 Å². The molecule has 1 aliphatic rings. The maximum atomic E-state index is 6.07. The smallest absolute Gasteiger partial charge is 0.188 e. The Kier molecular flexibility index (Phi) is 7.32. The van der Waals surface area contributed by atoms with E-state index in [2.05, 4.69) is 44.9 Å². The first kappa shape index (κ1) is 19.2. The highest BCUT2D eigenvalue weighted by Crippen LogP contribution is 2.24. The second-order valence-electron chi connectivity index (χ2n) is 6.20. The Balaban J connectivity index is 1.59. The van der Waals surface area contributed by atoms with E-state index in [-0.39, 0.29) is 6.04 Å². The third kappa shape index (κ3) is 5.71. The molecule has 26 heavy (non-hydrogen) atoms. The van der Waals surface area contributed by atoms with Gasteiger partial charge in [-0.3, -0.25) is 9.89 Å². The van der Waals surface area contributed by atoms with Gasteiger partial charge in [0.25, 0.3) is 0 Å². The summed E-state index contributed by atoms with van der Waals surface area (Å²) in [6.07, 6.45) is 0.956. The molecule has 2 aromatic rings. The molecule has 0 radical (unpaired) electrons. The van der Waals surface area contributed by atoms with Crippen molar-refractivity contribution in [2.75, 3.05) is 39.4 Å². The van der Waals surface area contributed by atoms with Gasteiger partial charge in [-0.25, -0.2) is 0 Å². The summed E-state index contributed by atoms with van der Waals surface area (Å²) in [5.74, 6) is 0.494. The number of benzene rings is 1. The van der Waals surface area contributed by atoms with E-state index in [4.69, 9.17) is 22.1 Å². The highest BCUT2D eigenvalue weighted by atomic mass is 35.5. The summed E-state index contributed by atoms with van der Waals surface area (Å²) in [5, 5.41) is 6.04. The highest BCUT2D eigenvalue weighted by Gasteiger charge is 2.22. The lowest BCUT2D eigenvalue weighted by atomic mass is 10.0. The first-order valence-electron chi connectivity index (χ1n) is 8.86. The largest absolute Gasteiger partial charge is 0.379 e. The molecule has 1 atom stereocenters. The highest BCUT2D eigenvalue weighted by molar-refractivity contribution is 7.09. The quantitative estimate of drug-likeness (QED) is 0.561. The first-order chi connectivity index (χ1) is 12.7. The Morgan fingerprint density at radius 2 is 2.04 bits per heavy atom. The number of nitrogens with two attached hydrogens (primary N) is 1. The fourth-order valence-electron chi connectivity index (χ4n) is 3.02. The number of ether oxygens (including phenoxy) is 1. The van der Waals surface area contributed by atoms with Crippen LogP contribution in [0.1, 0.15) is 16.5 Å². The van der Waals surface area contributed by atoms with Gasteiger partial charge in [0.1, 0.15) is 0 Å². The number of hydrogen-bond donors (Lipinski definition) is 2. The molecule has 140 valence electrons. The maximum absolute atomic E-state index is 6.07. The van der Waals surface area contributed by atoms with E-state index in [1.165, 1.54) is 10.4 Å². The average Bonchev–Trinajstić information content (AvgIpc) is 3.18. The lowest BCUT2D eigenvalue weighted by Gasteiger charge is -2.34. The average molecular weight is 393 g/mol. The second-order valence-corrected chi connectivity index (χ2v) is 7.67. The molecular weight excluding hydrogens is 368 g/mol. The van der Waals surface area contributed by atoms with Gasteiger partial charge in [-0.15, -0.1) is 11.3 Å². The van der Waals surface area contributed by atoms with Gasteiger partial charge in [0.15, 0.2) is 5.96 Å². The fraction of sp³-hybridized carbons (Fsp3) is 0.421. The number of rotatable bonds is 7. The Morgan fingerprint density at radius 3 is 2.73 bits per heavy atom. The van der Waals surface area contributed by atoms with Crippen LogP contribution in [-0.2, 0) is 11.2 Å². The van der Waals surface area contributed by atoms with Gasteiger partial charge < -0.3 is 15.8 Å². The molecule has 0 spiro atoms. The van der Waals surface area contributed by atoms with E-state index in [1.54, 1.807) is 11.3 Å². The summed E-state index contributed by atoms with van der Waals surface area (Å²) in [6.45, 7) is 4.70. The van der Waals surface area contributed by atoms with E-state index >= 15 is 0 Å². The molecular formula is C19H25ClN4OS. The molecule has 0 bridgehead atoms. The Bertz CT molecular complexity index is 684. The van der Waals surface area contributed by atoms with Crippen molar-refractivity contribution in [3.05, 3.63) is 57.2 Å². The normalized spacial score (nSPS) is 17.2. The fourth-order valence-corrected chi connectivity index (χ4v) is 3.85. The van der Waals surface area contributed by atoms with E-state index in [1.807, 2.05) is 12.1 Å². The molecule has 1 aromatic carbocycles. The van der Waals surface area contributed by atoms with Gasteiger partial charge in [-0.05, 0) is 35.6 Å². The molecule has 7 heteroatoms. The predicted molar refractivity (Wildman–Crippen MR) is 109 cm³/mol. The van der Waals surface area contributed by atoms with Crippen molar-refractivity contribution < 1.29 is 4.74 Å². The van der Waals surface area contributed by atoms with Crippen molar-refractivity contribution >= 4 is 28.9 Å². The molecule has 0 saturated carbocycles. The lowest BCUT2D eigenvalue weighted by molar-refractivity contribution is 0.0180. The van der Waals surface area contributed by atoms with Crippen LogP contribution in [-0.4, -0.2) is 50.3 Å². The monoisotopic (exact) mass is 392 g/mol. The van der Waals surface area contributed by atoms with Crippen molar-refractivity contribution in [3.8, 4) is 0 Å². The molecule has 2 heterocycles. The minimum absolute atomic E-state index is 0.175. The zero-order chi connectivity index (χ0) is 18.2. The zero-order valence-electron chi connectivity index (χ0n) is 14.7. The van der Waals surface area contributed by atoms with Crippen LogP contribution in [0.15, 0.2) is 46.8 Å². The zero-order valence-corrected chi connectivity index (χ0v) is 16.3. The number of morpholine rings is 1. The third-order valence-electron chi connectivity index (χ3n) is 4.43. The van der Waals surface area contributed by atoms with Crippen LogP contribution in [0.4, 0.5) is 0 Å². The van der Waals surface area contributed by atoms with E-state index < -0.39 is 0 Å². The molecule has 1 aromatic heterocycles. The topological polar surface area (TPSA) is 62.9 Å². The van der Waals surface area contributed by atoms with Gasteiger partial charge in [0.2, 0.25) is 0 Å². The van der Waals surface area contributed by atoms with Crippen molar-refractivity contribution in [1.29, 1.82) is 0 Å². The molecule has 5 nitrogen and oxygen atoms in total. The van der Waals surface area contributed by atoms with Gasteiger partial charge in [0, 0.05) is 29.5 Å². The SMILES string of the molecule is NC(=NCC(c1ccc(Cl)cc1)N1CCOCC1)NCCc1cccs1. The Hall–Kier alpha value is -1.60. The van der Waals surface area contributed by atoms with E-state index in [9.17, 15) is 0 Å².